The molecule has 124 valence electrons. The number of carbonyl (C=O) groups is 1. The van der Waals surface area contributed by atoms with Crippen LogP contribution < -0.4 is 4.74 Å². The van der Waals surface area contributed by atoms with Gasteiger partial charge in [0.2, 0.25) is 0 Å². The molecule has 3 aromatic rings. The fourth-order valence-electron chi connectivity index (χ4n) is 3.26. The summed E-state index contributed by atoms with van der Waals surface area (Å²) in [6, 6.07) is 22.9. The van der Waals surface area contributed by atoms with Crippen molar-refractivity contribution in [3.05, 3.63) is 101 Å². The fraction of sp³-hybridized carbons (Fsp3) is 0.136. The molecule has 1 atom stereocenters. The molecule has 0 N–H and O–H groups in total. The standard InChI is InChI=1S/C22H18O3/c1-15-12-13-20(16(2)14-15)24-22(17-8-4-3-5-9-17)19-11-7-6-10-18(19)21(23)25-22/h3-14H,1-2H3. The van der Waals surface area contributed by atoms with Crippen molar-refractivity contribution < 1.29 is 14.3 Å². The third-order valence-corrected chi connectivity index (χ3v) is 4.48. The van der Waals surface area contributed by atoms with Crippen LogP contribution in [-0.2, 0) is 10.5 Å². The van der Waals surface area contributed by atoms with Gasteiger partial charge in [0.1, 0.15) is 5.75 Å². The number of hydrogen-bond acceptors (Lipinski definition) is 3. The van der Waals surface area contributed by atoms with Crippen molar-refractivity contribution in [2.75, 3.05) is 0 Å². The lowest BCUT2D eigenvalue weighted by atomic mass is 9.95. The summed E-state index contributed by atoms with van der Waals surface area (Å²) in [6.07, 6.45) is 0. The summed E-state index contributed by atoms with van der Waals surface area (Å²) < 4.78 is 12.2. The molecular weight excluding hydrogens is 312 g/mol. The van der Waals surface area contributed by atoms with E-state index in [0.29, 0.717) is 11.3 Å². The van der Waals surface area contributed by atoms with Gasteiger partial charge in [0, 0.05) is 5.56 Å². The SMILES string of the molecule is Cc1ccc(OC2(c3ccccc3)OC(=O)c3ccccc32)c(C)c1. The maximum atomic E-state index is 12.5. The van der Waals surface area contributed by atoms with Crippen molar-refractivity contribution in [3.8, 4) is 5.75 Å². The van der Waals surface area contributed by atoms with E-state index in [1.54, 1.807) is 6.07 Å². The van der Waals surface area contributed by atoms with Gasteiger partial charge in [-0.15, -0.1) is 0 Å². The van der Waals surface area contributed by atoms with Crippen LogP contribution >= 0.6 is 0 Å². The lowest BCUT2D eigenvalue weighted by molar-refractivity contribution is -0.109. The Balaban J connectivity index is 1.91. The zero-order chi connectivity index (χ0) is 17.4. The van der Waals surface area contributed by atoms with E-state index in [1.807, 2.05) is 74.5 Å². The summed E-state index contributed by atoms with van der Waals surface area (Å²) in [6.45, 7) is 4.03. The first kappa shape index (κ1) is 15.5. The molecule has 25 heavy (non-hydrogen) atoms. The van der Waals surface area contributed by atoms with Crippen LogP contribution in [0.3, 0.4) is 0 Å². The Bertz CT molecular complexity index is 946. The Labute approximate surface area is 146 Å². The van der Waals surface area contributed by atoms with Crippen molar-refractivity contribution in [1.29, 1.82) is 0 Å². The highest BCUT2D eigenvalue weighted by Crippen LogP contribution is 2.43. The van der Waals surface area contributed by atoms with Gasteiger partial charge in [0.15, 0.2) is 0 Å². The van der Waals surface area contributed by atoms with E-state index in [4.69, 9.17) is 9.47 Å². The maximum absolute atomic E-state index is 12.5. The molecular formula is C22H18O3. The van der Waals surface area contributed by atoms with Gasteiger partial charge in [-0.25, -0.2) is 4.79 Å². The van der Waals surface area contributed by atoms with Crippen LogP contribution in [0.25, 0.3) is 0 Å². The average Bonchev–Trinajstić information content (AvgIpc) is 2.92. The molecule has 1 unspecified atom stereocenters. The Morgan fingerprint density at radius 3 is 2.36 bits per heavy atom. The Hall–Kier alpha value is -3.07. The van der Waals surface area contributed by atoms with Crippen LogP contribution in [0.1, 0.15) is 32.6 Å². The minimum Gasteiger partial charge on any atom is -0.444 e. The first-order chi connectivity index (χ1) is 12.1. The number of fused-ring (bicyclic) bond motifs is 1. The quantitative estimate of drug-likeness (QED) is 0.650. The normalized spacial score (nSPS) is 18.6. The summed E-state index contributed by atoms with van der Waals surface area (Å²) in [7, 11) is 0. The Morgan fingerprint density at radius 1 is 0.880 bits per heavy atom. The van der Waals surface area contributed by atoms with Crippen molar-refractivity contribution in [2.24, 2.45) is 0 Å². The van der Waals surface area contributed by atoms with Gasteiger partial charge in [-0.05, 0) is 37.6 Å². The molecule has 3 heteroatoms. The molecule has 1 aliphatic rings. The van der Waals surface area contributed by atoms with E-state index in [1.165, 1.54) is 0 Å². The Kier molecular flexibility index (Phi) is 3.57. The average molecular weight is 330 g/mol. The minimum atomic E-state index is -1.27. The first-order valence-electron chi connectivity index (χ1n) is 8.25. The smallest absolute Gasteiger partial charge is 0.342 e. The molecule has 0 bridgehead atoms. The van der Waals surface area contributed by atoms with Crippen molar-refractivity contribution in [3.63, 3.8) is 0 Å². The molecule has 0 saturated heterocycles. The van der Waals surface area contributed by atoms with Crippen molar-refractivity contribution in [1.82, 2.24) is 0 Å². The number of aryl methyl sites for hydroxylation is 2. The second-order valence-corrected chi connectivity index (χ2v) is 6.29. The predicted molar refractivity (Wildman–Crippen MR) is 95.6 cm³/mol. The number of esters is 1. The summed E-state index contributed by atoms with van der Waals surface area (Å²) in [5.74, 6) is -0.947. The summed E-state index contributed by atoms with van der Waals surface area (Å²) in [5, 5.41) is 0. The van der Waals surface area contributed by atoms with E-state index < -0.39 is 5.79 Å². The predicted octanol–water partition coefficient (Wildman–Crippen LogP) is 4.75. The maximum Gasteiger partial charge on any atom is 0.342 e. The van der Waals surface area contributed by atoms with Crippen LogP contribution in [0.4, 0.5) is 0 Å². The topological polar surface area (TPSA) is 35.5 Å². The molecule has 0 fully saturated rings. The number of rotatable bonds is 3. The number of carbonyl (C=O) groups excluding carboxylic acids is 1. The van der Waals surface area contributed by atoms with Crippen LogP contribution in [0, 0.1) is 13.8 Å². The molecule has 0 amide bonds. The second kappa shape index (κ2) is 5.78. The molecule has 0 saturated carbocycles. The molecule has 3 aromatic carbocycles. The van der Waals surface area contributed by atoms with E-state index in [0.717, 1.165) is 22.3 Å². The van der Waals surface area contributed by atoms with Gasteiger partial charge in [-0.2, -0.15) is 0 Å². The molecule has 1 heterocycles. The summed E-state index contributed by atoms with van der Waals surface area (Å²) in [5.41, 5.74) is 4.20. The molecule has 1 aliphatic heterocycles. The highest BCUT2D eigenvalue weighted by molar-refractivity contribution is 5.95. The molecule has 0 aromatic heterocycles. The highest BCUT2D eigenvalue weighted by atomic mass is 16.7. The molecule has 4 rings (SSSR count). The van der Waals surface area contributed by atoms with Gasteiger partial charge < -0.3 is 9.47 Å². The van der Waals surface area contributed by atoms with Gasteiger partial charge in [0.05, 0.1) is 11.1 Å². The zero-order valence-corrected chi connectivity index (χ0v) is 14.2. The van der Waals surface area contributed by atoms with Gasteiger partial charge in [0.25, 0.3) is 0 Å². The van der Waals surface area contributed by atoms with Crippen LogP contribution in [0.2, 0.25) is 0 Å². The first-order valence-corrected chi connectivity index (χ1v) is 8.25. The number of hydrogen-bond donors (Lipinski definition) is 0. The molecule has 3 nitrogen and oxygen atoms in total. The largest absolute Gasteiger partial charge is 0.444 e. The van der Waals surface area contributed by atoms with Crippen molar-refractivity contribution >= 4 is 5.97 Å². The lowest BCUT2D eigenvalue weighted by Gasteiger charge is -2.30. The van der Waals surface area contributed by atoms with Crippen LogP contribution in [0.5, 0.6) is 5.75 Å². The molecule has 0 spiro atoms. The second-order valence-electron chi connectivity index (χ2n) is 6.29. The van der Waals surface area contributed by atoms with Crippen LogP contribution in [-0.4, -0.2) is 5.97 Å². The van der Waals surface area contributed by atoms with Gasteiger partial charge in [-0.1, -0.05) is 60.2 Å². The van der Waals surface area contributed by atoms with Gasteiger partial charge in [-0.3, -0.25) is 0 Å². The minimum absolute atomic E-state index is 0.371. The monoisotopic (exact) mass is 330 g/mol. The third-order valence-electron chi connectivity index (χ3n) is 4.48. The van der Waals surface area contributed by atoms with Gasteiger partial charge >= 0.3 is 11.8 Å². The van der Waals surface area contributed by atoms with E-state index in [2.05, 4.69) is 6.07 Å². The van der Waals surface area contributed by atoms with Crippen molar-refractivity contribution in [2.45, 2.75) is 19.6 Å². The number of ether oxygens (including phenoxy) is 2. The van der Waals surface area contributed by atoms with E-state index in [9.17, 15) is 4.79 Å². The zero-order valence-electron chi connectivity index (χ0n) is 14.2. The number of cyclic esters (lactones) is 1. The Morgan fingerprint density at radius 2 is 1.60 bits per heavy atom. The third kappa shape index (κ3) is 2.49. The molecule has 0 aliphatic carbocycles. The van der Waals surface area contributed by atoms with E-state index >= 15 is 0 Å². The summed E-state index contributed by atoms with van der Waals surface area (Å²) in [4.78, 5) is 12.5. The lowest BCUT2D eigenvalue weighted by Crippen LogP contribution is -2.35. The summed E-state index contributed by atoms with van der Waals surface area (Å²) >= 11 is 0. The van der Waals surface area contributed by atoms with E-state index in [-0.39, 0.29) is 5.97 Å². The number of benzene rings is 3. The highest BCUT2D eigenvalue weighted by Gasteiger charge is 2.49. The van der Waals surface area contributed by atoms with Crippen LogP contribution in [0.15, 0.2) is 72.8 Å². The molecule has 0 radical (unpaired) electrons. The fourth-order valence-corrected chi connectivity index (χ4v) is 3.26.